The molecule has 9 heavy (non-hydrogen) atoms. The van der Waals surface area contributed by atoms with Crippen LogP contribution in [-0.4, -0.2) is 18.1 Å². The zero-order valence-electron chi connectivity index (χ0n) is 5.41. The first-order chi connectivity index (χ1) is 4.19. The molecule has 2 nitrogen and oxygen atoms in total. The summed E-state index contributed by atoms with van der Waals surface area (Å²) in [6.07, 6.45) is 0.626. The van der Waals surface area contributed by atoms with Crippen molar-refractivity contribution in [3.8, 4) is 0 Å². The van der Waals surface area contributed by atoms with E-state index in [1.165, 1.54) is 0 Å². The maximum atomic E-state index is 13.0. The molecule has 1 aliphatic rings. The molecule has 1 heterocycles. The van der Waals surface area contributed by atoms with Crippen LogP contribution in [0.2, 0.25) is 0 Å². The number of carbonyl (C=O) groups is 1. The lowest BCUT2D eigenvalue weighted by atomic mass is 10.0. The normalized spacial score (nSPS) is 34.7. The van der Waals surface area contributed by atoms with Crippen molar-refractivity contribution in [1.82, 2.24) is 5.32 Å². The van der Waals surface area contributed by atoms with Crippen molar-refractivity contribution < 1.29 is 9.18 Å². The van der Waals surface area contributed by atoms with Crippen LogP contribution >= 0.6 is 0 Å². The van der Waals surface area contributed by atoms with Crippen molar-refractivity contribution in [2.24, 2.45) is 0 Å². The number of alkyl halides is 1. The van der Waals surface area contributed by atoms with E-state index in [9.17, 15) is 9.18 Å². The number of carbonyl (C=O) groups excluding carboxylic acids is 1. The van der Waals surface area contributed by atoms with Gasteiger partial charge in [0.2, 0.25) is 0 Å². The van der Waals surface area contributed by atoms with Gasteiger partial charge in [-0.2, -0.15) is 0 Å². The third kappa shape index (κ3) is 0.910. The number of amides is 1. The molecule has 1 atom stereocenters. The van der Waals surface area contributed by atoms with Crippen LogP contribution in [0.25, 0.3) is 0 Å². The van der Waals surface area contributed by atoms with Gasteiger partial charge in [-0.1, -0.05) is 6.92 Å². The summed E-state index contributed by atoms with van der Waals surface area (Å²) in [5, 5.41) is 2.45. The Labute approximate surface area is 53.4 Å². The van der Waals surface area contributed by atoms with E-state index in [1.807, 2.05) is 0 Å². The largest absolute Gasteiger partial charge is 0.353 e. The van der Waals surface area contributed by atoms with Crippen molar-refractivity contribution in [3.63, 3.8) is 0 Å². The molecular weight excluding hydrogens is 121 g/mol. The third-order valence-corrected chi connectivity index (χ3v) is 1.77. The predicted octanol–water partition coefficient (Wildman–Crippen LogP) is 0.625. The Bertz CT molecular complexity index is 137. The topological polar surface area (TPSA) is 29.1 Å². The van der Waals surface area contributed by atoms with Gasteiger partial charge in [0.15, 0.2) is 5.67 Å². The fourth-order valence-electron chi connectivity index (χ4n) is 0.983. The Morgan fingerprint density at radius 1 is 1.89 bits per heavy atom. The number of rotatable bonds is 1. The Kier molecular flexibility index (Phi) is 1.43. The third-order valence-electron chi connectivity index (χ3n) is 1.77. The van der Waals surface area contributed by atoms with Crippen molar-refractivity contribution in [3.05, 3.63) is 0 Å². The SMILES string of the molecule is CC[C@]1(F)CCNC1=O. The van der Waals surface area contributed by atoms with E-state index in [0.717, 1.165) is 0 Å². The fourth-order valence-corrected chi connectivity index (χ4v) is 0.983. The zero-order chi connectivity index (χ0) is 6.91. The van der Waals surface area contributed by atoms with Crippen LogP contribution in [0.3, 0.4) is 0 Å². The molecule has 1 aliphatic heterocycles. The predicted molar refractivity (Wildman–Crippen MR) is 31.8 cm³/mol. The van der Waals surface area contributed by atoms with Crippen molar-refractivity contribution in [1.29, 1.82) is 0 Å². The summed E-state index contributed by atoms with van der Waals surface area (Å²) < 4.78 is 13.0. The quantitative estimate of drug-likeness (QED) is 0.555. The van der Waals surface area contributed by atoms with Crippen LogP contribution in [0.4, 0.5) is 4.39 Å². The molecule has 3 heteroatoms. The van der Waals surface area contributed by atoms with Gasteiger partial charge in [-0.05, 0) is 6.42 Å². The van der Waals surface area contributed by atoms with Gasteiger partial charge >= 0.3 is 0 Å². The smallest absolute Gasteiger partial charge is 0.257 e. The van der Waals surface area contributed by atoms with Gasteiger partial charge in [-0.15, -0.1) is 0 Å². The Balaban J connectivity index is 2.67. The van der Waals surface area contributed by atoms with Crippen molar-refractivity contribution in [2.75, 3.05) is 6.54 Å². The van der Waals surface area contributed by atoms with E-state index >= 15 is 0 Å². The second kappa shape index (κ2) is 1.97. The number of halogens is 1. The highest BCUT2D eigenvalue weighted by molar-refractivity contribution is 5.86. The Hall–Kier alpha value is -0.600. The van der Waals surface area contributed by atoms with E-state index in [-0.39, 0.29) is 0 Å². The van der Waals surface area contributed by atoms with Crippen molar-refractivity contribution in [2.45, 2.75) is 25.4 Å². The lowest BCUT2D eigenvalue weighted by Gasteiger charge is -2.11. The molecular formula is C6H10FNO. The highest BCUT2D eigenvalue weighted by atomic mass is 19.1. The van der Waals surface area contributed by atoms with Gasteiger partial charge < -0.3 is 5.32 Å². The molecule has 1 saturated heterocycles. The molecule has 52 valence electrons. The maximum Gasteiger partial charge on any atom is 0.257 e. The molecule has 0 spiro atoms. The summed E-state index contributed by atoms with van der Waals surface area (Å²) in [4.78, 5) is 10.6. The molecule has 0 aromatic carbocycles. The summed E-state index contributed by atoms with van der Waals surface area (Å²) >= 11 is 0. The van der Waals surface area contributed by atoms with Gasteiger partial charge in [-0.25, -0.2) is 4.39 Å². The van der Waals surface area contributed by atoms with E-state index in [4.69, 9.17) is 0 Å². The zero-order valence-corrected chi connectivity index (χ0v) is 5.41. The number of nitrogens with one attached hydrogen (secondary N) is 1. The van der Waals surface area contributed by atoms with Gasteiger partial charge in [0.25, 0.3) is 5.91 Å². The molecule has 1 rings (SSSR count). The lowest BCUT2D eigenvalue weighted by Crippen LogP contribution is -2.32. The molecule has 0 saturated carbocycles. The number of hydrogen-bond acceptors (Lipinski definition) is 1. The second-order valence-corrected chi connectivity index (χ2v) is 2.32. The average molecular weight is 131 g/mol. The van der Waals surface area contributed by atoms with E-state index in [0.29, 0.717) is 19.4 Å². The lowest BCUT2D eigenvalue weighted by molar-refractivity contribution is -0.129. The average Bonchev–Trinajstić information content (AvgIpc) is 2.15. The minimum absolute atomic E-state index is 0.291. The standard InChI is InChI=1S/C6H10FNO/c1-2-6(7)3-4-8-5(6)9/h2-4H2,1H3,(H,8,9)/t6-/m0/s1. The Morgan fingerprint density at radius 2 is 2.56 bits per heavy atom. The highest BCUT2D eigenvalue weighted by Crippen LogP contribution is 2.24. The molecule has 0 unspecified atom stereocenters. The van der Waals surface area contributed by atoms with Gasteiger partial charge in [0.05, 0.1) is 0 Å². The van der Waals surface area contributed by atoms with Crippen LogP contribution in [0.15, 0.2) is 0 Å². The van der Waals surface area contributed by atoms with Crippen LogP contribution in [0.1, 0.15) is 19.8 Å². The number of hydrogen-bond donors (Lipinski definition) is 1. The van der Waals surface area contributed by atoms with E-state index in [1.54, 1.807) is 6.92 Å². The van der Waals surface area contributed by atoms with Crippen LogP contribution in [0.5, 0.6) is 0 Å². The summed E-state index contributed by atoms with van der Waals surface area (Å²) in [6, 6.07) is 0. The molecule has 1 fully saturated rings. The minimum atomic E-state index is -1.56. The molecule has 0 aromatic rings. The Morgan fingerprint density at radius 3 is 2.78 bits per heavy atom. The first kappa shape index (κ1) is 6.52. The maximum absolute atomic E-state index is 13.0. The monoisotopic (exact) mass is 131 g/mol. The molecule has 1 N–H and O–H groups in total. The first-order valence-corrected chi connectivity index (χ1v) is 3.16. The van der Waals surface area contributed by atoms with Crippen LogP contribution < -0.4 is 5.32 Å². The first-order valence-electron chi connectivity index (χ1n) is 3.16. The molecule has 1 amide bonds. The molecule has 0 aromatic heterocycles. The van der Waals surface area contributed by atoms with Crippen molar-refractivity contribution >= 4 is 5.91 Å². The summed E-state index contributed by atoms with van der Waals surface area (Å²) in [6.45, 7) is 2.17. The minimum Gasteiger partial charge on any atom is -0.353 e. The van der Waals surface area contributed by atoms with Gasteiger partial charge in [0.1, 0.15) is 0 Å². The summed E-state index contributed by atoms with van der Waals surface area (Å²) in [7, 11) is 0. The summed E-state index contributed by atoms with van der Waals surface area (Å²) in [5.74, 6) is -0.440. The second-order valence-electron chi connectivity index (χ2n) is 2.32. The fraction of sp³-hybridized carbons (Fsp3) is 0.833. The molecule has 0 bridgehead atoms. The van der Waals surface area contributed by atoms with Gasteiger partial charge in [0, 0.05) is 13.0 Å². The van der Waals surface area contributed by atoms with Gasteiger partial charge in [-0.3, -0.25) is 4.79 Å². The summed E-state index contributed by atoms with van der Waals surface area (Å²) in [5.41, 5.74) is -1.56. The van der Waals surface area contributed by atoms with Crippen LogP contribution in [0, 0.1) is 0 Å². The van der Waals surface area contributed by atoms with E-state index in [2.05, 4.69) is 5.32 Å². The molecule has 0 aliphatic carbocycles. The highest BCUT2D eigenvalue weighted by Gasteiger charge is 2.40. The van der Waals surface area contributed by atoms with Crippen LogP contribution in [-0.2, 0) is 4.79 Å². The molecule has 0 radical (unpaired) electrons. The van der Waals surface area contributed by atoms with E-state index < -0.39 is 11.6 Å².